The highest BCUT2D eigenvalue weighted by Gasteiger charge is 2.26. The average Bonchev–Trinajstić information content (AvgIpc) is 2.07. The van der Waals surface area contributed by atoms with Crippen molar-refractivity contribution in [2.45, 2.75) is 31.5 Å². The smallest absolute Gasteiger partial charge is 0.174 e. The molecule has 0 bridgehead atoms. The third-order valence-electron chi connectivity index (χ3n) is 1.66. The van der Waals surface area contributed by atoms with E-state index in [0.717, 1.165) is 0 Å². The van der Waals surface area contributed by atoms with Gasteiger partial charge in [-0.05, 0) is 12.2 Å². The molecule has 0 aliphatic carbocycles. The number of aliphatic hydroxyl groups excluding tert-OH is 1. The van der Waals surface area contributed by atoms with Gasteiger partial charge >= 0.3 is 0 Å². The summed E-state index contributed by atoms with van der Waals surface area (Å²) in [6.45, 7) is 6.34. The number of hydrogen-bond acceptors (Lipinski definition) is 3. The van der Waals surface area contributed by atoms with E-state index in [9.17, 15) is 5.11 Å². The number of rotatable bonds is 0. The van der Waals surface area contributed by atoms with E-state index in [-0.39, 0.29) is 6.61 Å². The first-order valence-electron chi connectivity index (χ1n) is 4.57. The molecule has 0 aromatic rings. The Hall–Kier alpha value is -0.603. The lowest BCUT2D eigenvalue weighted by molar-refractivity contribution is -0.109. The Bertz CT molecular complexity index is 295. The average molecular weight is 212 g/mol. The van der Waals surface area contributed by atoms with E-state index in [2.05, 4.69) is 31.1 Å². The summed E-state index contributed by atoms with van der Waals surface area (Å²) in [5.74, 6) is 2.80. The summed E-state index contributed by atoms with van der Waals surface area (Å²) in [7, 11) is -1.48. The second-order valence-corrected chi connectivity index (χ2v) is 9.23. The van der Waals surface area contributed by atoms with Crippen LogP contribution in [0.25, 0.3) is 0 Å². The molecule has 1 heterocycles. The Kier molecular flexibility index (Phi) is 3.17. The number of hydrogen-bond donors (Lipinski definition) is 2. The molecule has 0 amide bonds. The summed E-state index contributed by atoms with van der Waals surface area (Å²) in [5, 5.41) is 18.9. The van der Waals surface area contributed by atoms with Crippen LogP contribution in [-0.4, -0.2) is 36.8 Å². The lowest BCUT2D eigenvalue weighted by Crippen LogP contribution is -2.37. The van der Waals surface area contributed by atoms with Crippen LogP contribution in [0.5, 0.6) is 0 Å². The molecule has 0 aromatic heterocycles. The van der Waals surface area contributed by atoms with E-state index in [1.54, 1.807) is 0 Å². The quantitative estimate of drug-likeness (QED) is 0.349. The molecular formula is C10H16O3Si. The maximum absolute atomic E-state index is 9.88. The van der Waals surface area contributed by atoms with Crippen molar-refractivity contribution in [3.8, 4) is 11.5 Å². The first-order chi connectivity index (χ1) is 6.31. The zero-order chi connectivity index (χ0) is 10.8. The minimum Gasteiger partial charge on any atom is -0.372 e. The van der Waals surface area contributed by atoms with Gasteiger partial charge in [-0.25, -0.2) is 0 Å². The first kappa shape index (κ1) is 11.5. The second kappa shape index (κ2) is 3.87. The SMILES string of the molecule is C[Si](C)(C)C#C[C@]1(O)C=C[C@@H](O)OC1. The lowest BCUT2D eigenvalue weighted by atomic mass is 10.1. The van der Waals surface area contributed by atoms with E-state index < -0.39 is 20.0 Å². The van der Waals surface area contributed by atoms with Gasteiger partial charge in [0.05, 0.1) is 6.61 Å². The molecule has 0 saturated heterocycles. The number of ether oxygens (including phenoxy) is 1. The Morgan fingerprint density at radius 3 is 2.57 bits per heavy atom. The fourth-order valence-corrected chi connectivity index (χ4v) is 1.52. The van der Waals surface area contributed by atoms with E-state index in [4.69, 9.17) is 9.84 Å². The molecule has 0 unspecified atom stereocenters. The zero-order valence-corrected chi connectivity index (χ0v) is 9.74. The van der Waals surface area contributed by atoms with Crippen LogP contribution in [0.15, 0.2) is 12.2 Å². The van der Waals surface area contributed by atoms with Gasteiger partial charge in [0.15, 0.2) is 11.9 Å². The fourth-order valence-electron chi connectivity index (χ4n) is 0.931. The van der Waals surface area contributed by atoms with Crippen molar-refractivity contribution >= 4 is 8.07 Å². The minimum absolute atomic E-state index is 0.0299. The Labute approximate surface area is 85.4 Å². The van der Waals surface area contributed by atoms with E-state index in [0.29, 0.717) is 0 Å². The lowest BCUT2D eigenvalue weighted by Gasteiger charge is -2.24. The largest absolute Gasteiger partial charge is 0.372 e. The third kappa shape index (κ3) is 3.64. The molecule has 0 fully saturated rings. The topological polar surface area (TPSA) is 49.7 Å². The van der Waals surface area contributed by atoms with Gasteiger partial charge in [-0.2, -0.15) is 0 Å². The standard InChI is InChI=1S/C10H16O3Si/c1-14(2,3)7-6-10(12)5-4-9(11)13-8-10/h4-5,9,11-12H,8H2,1-3H3/t9-,10+/m0/s1. The van der Waals surface area contributed by atoms with Gasteiger partial charge < -0.3 is 14.9 Å². The van der Waals surface area contributed by atoms with Gasteiger partial charge in [0.1, 0.15) is 8.07 Å². The number of aliphatic hydroxyl groups is 2. The molecule has 0 saturated carbocycles. The Morgan fingerprint density at radius 2 is 2.14 bits per heavy atom. The molecule has 4 heteroatoms. The molecule has 14 heavy (non-hydrogen) atoms. The molecular weight excluding hydrogens is 196 g/mol. The maximum Gasteiger partial charge on any atom is 0.174 e. The van der Waals surface area contributed by atoms with Gasteiger partial charge in [-0.1, -0.05) is 25.6 Å². The Morgan fingerprint density at radius 1 is 1.50 bits per heavy atom. The van der Waals surface area contributed by atoms with Crippen molar-refractivity contribution < 1.29 is 14.9 Å². The summed E-state index contributed by atoms with van der Waals surface area (Å²) >= 11 is 0. The summed E-state index contributed by atoms with van der Waals surface area (Å²) in [4.78, 5) is 0. The maximum atomic E-state index is 9.88. The van der Waals surface area contributed by atoms with Crippen molar-refractivity contribution in [2.24, 2.45) is 0 Å². The van der Waals surface area contributed by atoms with Crippen LogP contribution in [0.2, 0.25) is 19.6 Å². The second-order valence-electron chi connectivity index (χ2n) is 4.48. The van der Waals surface area contributed by atoms with Gasteiger partial charge in [0.2, 0.25) is 0 Å². The van der Waals surface area contributed by atoms with Crippen LogP contribution in [-0.2, 0) is 4.74 Å². The molecule has 1 aliphatic heterocycles. The highest BCUT2D eigenvalue weighted by Crippen LogP contribution is 2.14. The van der Waals surface area contributed by atoms with Crippen LogP contribution < -0.4 is 0 Å². The molecule has 3 nitrogen and oxygen atoms in total. The summed E-state index contributed by atoms with van der Waals surface area (Å²) in [5.41, 5.74) is 1.85. The molecule has 2 atom stereocenters. The van der Waals surface area contributed by atoms with Crippen molar-refractivity contribution in [3.63, 3.8) is 0 Å². The van der Waals surface area contributed by atoms with Crippen LogP contribution in [0.3, 0.4) is 0 Å². The van der Waals surface area contributed by atoms with Crippen LogP contribution >= 0.6 is 0 Å². The van der Waals surface area contributed by atoms with Gasteiger partial charge in [-0.15, -0.1) is 5.54 Å². The van der Waals surface area contributed by atoms with Gasteiger partial charge in [0.25, 0.3) is 0 Å². The molecule has 0 spiro atoms. The highest BCUT2D eigenvalue weighted by molar-refractivity contribution is 6.83. The fraction of sp³-hybridized carbons (Fsp3) is 0.600. The molecule has 0 radical (unpaired) electrons. The summed E-state index contributed by atoms with van der Waals surface area (Å²) in [6.07, 6.45) is 1.99. The molecule has 1 aliphatic rings. The summed E-state index contributed by atoms with van der Waals surface area (Å²) in [6, 6.07) is 0. The van der Waals surface area contributed by atoms with Gasteiger partial charge in [-0.3, -0.25) is 0 Å². The van der Waals surface area contributed by atoms with Crippen LogP contribution in [0, 0.1) is 11.5 Å². The predicted molar refractivity (Wildman–Crippen MR) is 57.2 cm³/mol. The predicted octanol–water partition coefficient (Wildman–Crippen LogP) is 0.503. The Balaban J connectivity index is 2.76. The van der Waals surface area contributed by atoms with Crippen molar-refractivity contribution in [3.05, 3.63) is 12.2 Å². The van der Waals surface area contributed by atoms with Crippen molar-refractivity contribution in [2.75, 3.05) is 6.61 Å². The molecule has 1 rings (SSSR count). The highest BCUT2D eigenvalue weighted by atomic mass is 28.3. The van der Waals surface area contributed by atoms with E-state index in [1.165, 1.54) is 12.2 Å². The van der Waals surface area contributed by atoms with E-state index in [1.807, 2.05) is 0 Å². The third-order valence-corrected chi connectivity index (χ3v) is 2.54. The minimum atomic E-state index is -1.48. The van der Waals surface area contributed by atoms with Crippen LogP contribution in [0.1, 0.15) is 0 Å². The molecule has 78 valence electrons. The van der Waals surface area contributed by atoms with E-state index >= 15 is 0 Å². The molecule has 2 N–H and O–H groups in total. The van der Waals surface area contributed by atoms with Crippen molar-refractivity contribution in [1.29, 1.82) is 0 Å². The molecule has 0 aromatic carbocycles. The normalized spacial score (nSPS) is 32.2. The summed E-state index contributed by atoms with van der Waals surface area (Å²) < 4.78 is 4.89. The first-order valence-corrected chi connectivity index (χ1v) is 8.07. The zero-order valence-electron chi connectivity index (χ0n) is 8.74. The van der Waals surface area contributed by atoms with Gasteiger partial charge in [0, 0.05) is 0 Å². The van der Waals surface area contributed by atoms with Crippen molar-refractivity contribution in [1.82, 2.24) is 0 Å². The van der Waals surface area contributed by atoms with Crippen LogP contribution in [0.4, 0.5) is 0 Å². The monoisotopic (exact) mass is 212 g/mol.